The van der Waals surface area contributed by atoms with Gasteiger partial charge in [0.25, 0.3) is 0 Å². The molecular formula is C60H106O8P2. The standard InChI is InChI=1S/2C30H50.2H3O4P/c2*1-25(2)15-11-19-29(7)23-13-21-27(5)17-9-10-18-28(6)22-14-24-30(8)20-12-16-26(3)4;2*1-5(2,3)4/h2*15-18,23-24H,9-14,19-22H2,1-8H3;2*(H3,1,2,3,4)/b2*27-17+,28-18+,29-23+,30-24+;;. The molecule has 8 nitrogen and oxygen atoms in total. The van der Waals surface area contributed by atoms with Crippen LogP contribution in [0, 0.1) is 0 Å². The van der Waals surface area contributed by atoms with Crippen LogP contribution < -0.4 is 0 Å². The molecule has 404 valence electrons. The van der Waals surface area contributed by atoms with Gasteiger partial charge in [-0.15, -0.1) is 0 Å². The summed E-state index contributed by atoms with van der Waals surface area (Å²) >= 11 is 0. The molecule has 0 heterocycles. The lowest BCUT2D eigenvalue weighted by molar-refractivity contribution is 0.272. The van der Waals surface area contributed by atoms with E-state index in [0.717, 1.165) is 0 Å². The molecule has 0 bridgehead atoms. The van der Waals surface area contributed by atoms with Gasteiger partial charge in [-0.05, 0) is 239 Å². The lowest BCUT2D eigenvalue weighted by Gasteiger charge is -2.02. The molecule has 0 unspecified atom stereocenters. The van der Waals surface area contributed by atoms with Gasteiger partial charge in [0.15, 0.2) is 0 Å². The number of unbranched alkanes of at least 4 members (excludes halogenated alkanes) is 2. The Morgan fingerprint density at radius 3 is 0.443 bits per heavy atom. The van der Waals surface area contributed by atoms with E-state index in [1.807, 2.05) is 0 Å². The average Bonchev–Trinajstić information content (AvgIpc) is 3.19. The molecule has 0 aromatic rings. The van der Waals surface area contributed by atoms with Gasteiger partial charge in [0.2, 0.25) is 0 Å². The normalized spacial score (nSPS) is 13.2. The lowest BCUT2D eigenvalue weighted by Crippen LogP contribution is -1.82. The summed E-state index contributed by atoms with van der Waals surface area (Å²) in [5.74, 6) is 0. The summed E-state index contributed by atoms with van der Waals surface area (Å²) in [6.45, 7) is 35.6. The third-order valence-corrected chi connectivity index (χ3v) is 10.8. The zero-order valence-electron chi connectivity index (χ0n) is 47.5. The average molecular weight is 1020 g/mol. The van der Waals surface area contributed by atoms with Crippen molar-refractivity contribution in [3.8, 4) is 0 Å². The third kappa shape index (κ3) is 76.6. The van der Waals surface area contributed by atoms with Crippen molar-refractivity contribution in [2.45, 2.75) is 239 Å². The fraction of sp³-hybridized carbons (Fsp3) is 0.600. The maximum absolute atomic E-state index is 8.88. The van der Waals surface area contributed by atoms with Crippen molar-refractivity contribution in [1.82, 2.24) is 0 Å². The van der Waals surface area contributed by atoms with Crippen molar-refractivity contribution in [2.24, 2.45) is 0 Å². The molecule has 0 aromatic carbocycles. The van der Waals surface area contributed by atoms with E-state index < -0.39 is 15.6 Å². The van der Waals surface area contributed by atoms with Crippen LogP contribution in [0.5, 0.6) is 0 Å². The predicted molar refractivity (Wildman–Crippen MR) is 309 cm³/mol. The fourth-order valence-corrected chi connectivity index (χ4v) is 6.67. The molecule has 0 rings (SSSR count). The Morgan fingerprint density at radius 1 is 0.229 bits per heavy atom. The molecule has 0 saturated heterocycles. The number of allylic oxidation sites excluding steroid dienone is 24. The van der Waals surface area contributed by atoms with E-state index in [1.165, 1.54) is 195 Å². The topological polar surface area (TPSA) is 156 Å². The molecule has 0 aliphatic heterocycles. The summed E-state index contributed by atoms with van der Waals surface area (Å²) in [4.78, 5) is 43.1. The van der Waals surface area contributed by atoms with Crippen molar-refractivity contribution < 1.29 is 38.5 Å². The molecule has 10 heteroatoms. The van der Waals surface area contributed by atoms with E-state index in [4.69, 9.17) is 38.5 Å². The van der Waals surface area contributed by atoms with Crippen LogP contribution in [0.2, 0.25) is 0 Å². The van der Waals surface area contributed by atoms with E-state index in [1.54, 1.807) is 0 Å². The van der Waals surface area contributed by atoms with Gasteiger partial charge < -0.3 is 29.4 Å². The molecule has 0 spiro atoms. The minimum absolute atomic E-state index is 1.17. The Morgan fingerprint density at radius 2 is 0.329 bits per heavy atom. The first-order valence-electron chi connectivity index (χ1n) is 25.8. The fourth-order valence-electron chi connectivity index (χ4n) is 6.67. The summed E-state index contributed by atoms with van der Waals surface area (Å²) in [7, 11) is -9.28. The monoisotopic (exact) mass is 1020 g/mol. The summed E-state index contributed by atoms with van der Waals surface area (Å²) in [6, 6.07) is 0. The van der Waals surface area contributed by atoms with Crippen LogP contribution in [0.25, 0.3) is 0 Å². The van der Waals surface area contributed by atoms with Gasteiger partial charge in [-0.25, -0.2) is 9.13 Å². The Balaban J connectivity index is -0.000000519. The van der Waals surface area contributed by atoms with Gasteiger partial charge in [-0.3, -0.25) is 0 Å². The number of rotatable bonds is 30. The molecular weight excluding hydrogens is 911 g/mol. The smallest absolute Gasteiger partial charge is 0.303 e. The Labute approximate surface area is 431 Å². The first-order valence-corrected chi connectivity index (χ1v) is 28.9. The number of hydrogen-bond donors (Lipinski definition) is 6. The molecule has 0 atom stereocenters. The second kappa shape index (κ2) is 47.1. The van der Waals surface area contributed by atoms with Crippen molar-refractivity contribution in [3.63, 3.8) is 0 Å². The van der Waals surface area contributed by atoms with Crippen LogP contribution in [0.4, 0.5) is 0 Å². The zero-order chi connectivity index (χ0) is 54.6. The molecule has 70 heavy (non-hydrogen) atoms. The quantitative estimate of drug-likeness (QED) is 0.0236. The summed E-state index contributed by atoms with van der Waals surface area (Å²) < 4.78 is 17.8. The first kappa shape index (κ1) is 73.6. The van der Waals surface area contributed by atoms with Crippen LogP contribution in [0.15, 0.2) is 140 Å². The highest BCUT2D eigenvalue weighted by molar-refractivity contribution is 7.45. The van der Waals surface area contributed by atoms with E-state index in [2.05, 4.69) is 184 Å². The van der Waals surface area contributed by atoms with Gasteiger partial charge in [-0.2, -0.15) is 0 Å². The second-order valence-corrected chi connectivity index (χ2v) is 22.1. The lowest BCUT2D eigenvalue weighted by atomic mass is 10.0. The van der Waals surface area contributed by atoms with Crippen LogP contribution in [0.3, 0.4) is 0 Å². The van der Waals surface area contributed by atoms with Gasteiger partial charge in [-0.1, -0.05) is 140 Å². The van der Waals surface area contributed by atoms with Crippen LogP contribution >= 0.6 is 15.6 Å². The Bertz CT molecular complexity index is 1600. The van der Waals surface area contributed by atoms with Crippen LogP contribution in [-0.2, 0) is 9.13 Å². The van der Waals surface area contributed by atoms with E-state index in [9.17, 15) is 0 Å². The highest BCUT2D eigenvalue weighted by atomic mass is 31.2. The summed E-state index contributed by atoms with van der Waals surface area (Å²) in [5.41, 5.74) is 17.9. The molecule has 0 saturated carbocycles. The third-order valence-electron chi connectivity index (χ3n) is 10.8. The SMILES string of the molecule is CC(C)=CCC/C(C)=C/CC/C(C)=C/CC/C=C(\C)CC/C=C(\C)CCC=C(C)C.CC(C)=CCC/C(C)=C/CC/C(C)=C/CC/C=C(\C)CC/C=C(\C)CCC=C(C)C.O=P(O)(O)O.O=P(O)(O)O. The number of hydrogen-bond acceptors (Lipinski definition) is 2. The van der Waals surface area contributed by atoms with E-state index in [0.29, 0.717) is 0 Å². The highest BCUT2D eigenvalue weighted by Gasteiger charge is 2.01. The second-order valence-electron chi connectivity index (χ2n) is 20.0. The molecule has 6 N–H and O–H groups in total. The predicted octanol–water partition coefficient (Wildman–Crippen LogP) is 19.4. The maximum atomic E-state index is 8.88. The summed E-state index contributed by atoms with van der Waals surface area (Å²) in [6.07, 6.45) is 52.4. The van der Waals surface area contributed by atoms with Crippen molar-refractivity contribution in [3.05, 3.63) is 140 Å². The van der Waals surface area contributed by atoms with Crippen molar-refractivity contribution >= 4 is 15.6 Å². The molecule has 0 radical (unpaired) electrons. The largest absolute Gasteiger partial charge is 0.466 e. The zero-order valence-corrected chi connectivity index (χ0v) is 49.3. The van der Waals surface area contributed by atoms with E-state index >= 15 is 0 Å². The minimum Gasteiger partial charge on any atom is -0.303 e. The van der Waals surface area contributed by atoms with Crippen molar-refractivity contribution in [2.75, 3.05) is 0 Å². The van der Waals surface area contributed by atoms with Gasteiger partial charge in [0.05, 0.1) is 0 Å². The Kier molecular flexibility index (Phi) is 49.6. The maximum Gasteiger partial charge on any atom is 0.466 e. The van der Waals surface area contributed by atoms with Crippen molar-refractivity contribution in [1.29, 1.82) is 0 Å². The van der Waals surface area contributed by atoms with Gasteiger partial charge >= 0.3 is 15.6 Å². The van der Waals surface area contributed by atoms with Crippen LogP contribution in [0.1, 0.15) is 239 Å². The first-order chi connectivity index (χ1) is 32.4. The minimum atomic E-state index is -4.64. The molecule has 0 aliphatic carbocycles. The van der Waals surface area contributed by atoms with E-state index in [-0.39, 0.29) is 0 Å². The molecule has 0 aromatic heterocycles. The number of phosphoric acid groups is 2. The van der Waals surface area contributed by atoms with Crippen LogP contribution in [-0.4, -0.2) is 29.4 Å². The van der Waals surface area contributed by atoms with Gasteiger partial charge in [0, 0.05) is 0 Å². The molecule has 0 aliphatic rings. The Hall–Kier alpha value is -2.90. The van der Waals surface area contributed by atoms with Gasteiger partial charge in [0.1, 0.15) is 0 Å². The molecule has 0 amide bonds. The highest BCUT2D eigenvalue weighted by Crippen LogP contribution is 2.26. The summed E-state index contributed by atoms with van der Waals surface area (Å²) in [5, 5.41) is 0. The molecule has 0 fully saturated rings.